The number of hydrogen-bond acceptors (Lipinski definition) is 21. The molecule has 30 heteroatoms. The van der Waals surface area contributed by atoms with Crippen LogP contribution in [0, 0.1) is 27.7 Å². The normalized spacial score (nSPS) is 11.4. The van der Waals surface area contributed by atoms with Crippen LogP contribution in [0.5, 0.6) is 0 Å². The van der Waals surface area contributed by atoms with E-state index in [0.717, 1.165) is 141 Å². The van der Waals surface area contributed by atoms with Crippen LogP contribution in [0.2, 0.25) is 0 Å². The first-order chi connectivity index (χ1) is 52.5. The van der Waals surface area contributed by atoms with Gasteiger partial charge in [-0.1, -0.05) is 111 Å². The van der Waals surface area contributed by atoms with E-state index in [0.29, 0.717) is 55.6 Å². The maximum atomic E-state index is 12.3. The third-order valence-corrected chi connectivity index (χ3v) is 19.6. The number of nitrogens with zero attached hydrogens (tertiary/aromatic N) is 16. The van der Waals surface area contributed by atoms with Crippen LogP contribution in [0.4, 0.5) is 22.7 Å². The SMILES string of the molecule is CCCCCCCn1c2nc(=O)[nH]c(=O)c-2nc2cc(C)c(N(C)C)cc21.CCCCCCCn1c2nc(=O)[nH]c(=O)c-2nc2cc(C)c(N(C)C)cc21.CCCCCCCn1c2nc(=O)[nH]c(=O)c-2nc2cc(C)c(N(C)C)cc21.Cc1cc2nc3c(=O)[nH]c(=O)nc-3n(CCCCCCC(=O)O)c2cc1N(C)C. The Morgan fingerprint density at radius 1 is 0.318 bits per heavy atom. The highest BCUT2D eigenvalue weighted by atomic mass is 16.4. The van der Waals surface area contributed by atoms with Crippen molar-refractivity contribution in [2.75, 3.05) is 76.0 Å². The first-order valence-corrected chi connectivity index (χ1v) is 38.3. The van der Waals surface area contributed by atoms with E-state index in [1.807, 2.05) is 138 Å². The third kappa shape index (κ3) is 19.9. The van der Waals surface area contributed by atoms with Crippen LogP contribution in [0.25, 0.3) is 90.2 Å². The smallest absolute Gasteiger partial charge is 0.349 e. The fourth-order valence-corrected chi connectivity index (χ4v) is 14.1. The van der Waals surface area contributed by atoms with E-state index in [4.69, 9.17) is 5.11 Å². The van der Waals surface area contributed by atoms with E-state index in [9.17, 15) is 43.2 Å². The Bertz CT molecular complexity index is 5210. The Kier molecular flexibility index (Phi) is 28.3. The molecule has 586 valence electrons. The Balaban J connectivity index is 0.000000169. The van der Waals surface area contributed by atoms with Gasteiger partial charge in [-0.3, -0.25) is 43.9 Å². The second kappa shape index (κ2) is 37.7. The molecule has 4 aromatic carbocycles. The molecule has 0 fully saturated rings. The lowest BCUT2D eigenvalue weighted by Crippen LogP contribution is -2.29. The minimum atomic E-state index is -0.788. The number of aromatic nitrogens is 16. The number of aliphatic carboxylic acids is 1. The van der Waals surface area contributed by atoms with Crippen molar-refractivity contribution in [1.82, 2.24) is 78.1 Å². The minimum Gasteiger partial charge on any atom is -0.481 e. The predicted octanol–water partition coefficient (Wildman–Crippen LogP) is 10.8. The number of carboxylic acid groups (broad SMARTS) is 1. The number of carbonyl (C=O) groups is 1. The number of anilines is 4. The molecule has 0 atom stereocenters. The summed E-state index contributed by atoms with van der Waals surface area (Å²) in [6, 6.07) is 16.1. The van der Waals surface area contributed by atoms with Crippen molar-refractivity contribution in [2.45, 2.75) is 203 Å². The van der Waals surface area contributed by atoms with Gasteiger partial charge in [-0.2, -0.15) is 19.9 Å². The van der Waals surface area contributed by atoms with Crippen LogP contribution in [-0.4, -0.2) is 146 Å². The molecule has 5 N–H and O–H groups in total. The largest absolute Gasteiger partial charge is 0.481 e. The summed E-state index contributed by atoms with van der Waals surface area (Å²) in [5.74, 6) is 0.565. The predicted molar refractivity (Wildman–Crippen MR) is 437 cm³/mol. The summed E-state index contributed by atoms with van der Waals surface area (Å²) in [6.45, 7) is 17.3. The molecule has 0 radical (unpaired) electrons. The zero-order chi connectivity index (χ0) is 79.8. The summed E-state index contributed by atoms with van der Waals surface area (Å²) in [7, 11) is 15.9. The molecule has 0 saturated heterocycles. The summed E-state index contributed by atoms with van der Waals surface area (Å²) >= 11 is 0. The Hall–Kier alpha value is -11.3. The molecular formula is C80H106N20O10. The Morgan fingerprint density at radius 3 is 0.727 bits per heavy atom. The number of rotatable bonds is 29. The molecular weight excluding hydrogens is 1400 g/mol. The molecule has 8 aliphatic rings. The molecule has 0 aliphatic carbocycles. The zero-order valence-electron chi connectivity index (χ0n) is 66.4. The van der Waals surface area contributed by atoms with Gasteiger partial charge in [0.05, 0.1) is 44.1 Å². The van der Waals surface area contributed by atoms with Gasteiger partial charge in [0.25, 0.3) is 22.2 Å². The standard InChI is InChI=1S/C20H25N5O4.3C20H27N5O2/c1-12-10-13-15(11-14(12)24(2)3)25(9-7-5-4-6-8-16(26)27)18-17(21-13)19(28)23-20(29)22-18;3*1-5-6-7-8-9-10-25-16-12-15(24(3)4)13(2)11-14(16)21-17-18(25)22-20(27)23-19(17)26/h10-11H,4-9H2,1-3H3,(H,26,27)(H,23,28,29);3*11-12H,5-10H2,1-4H3,(H,23,26,27). The van der Waals surface area contributed by atoms with Gasteiger partial charge in [0.1, 0.15) is 0 Å². The highest BCUT2D eigenvalue weighted by molar-refractivity contribution is 5.88. The third-order valence-electron chi connectivity index (χ3n) is 19.6. The number of hydrogen-bond donors (Lipinski definition) is 5. The highest BCUT2D eigenvalue weighted by Gasteiger charge is 2.25. The molecule has 4 aromatic rings. The van der Waals surface area contributed by atoms with Crippen molar-refractivity contribution in [3.8, 4) is 46.1 Å². The zero-order valence-corrected chi connectivity index (χ0v) is 66.4. The maximum absolute atomic E-state index is 12.3. The Labute approximate surface area is 637 Å². The van der Waals surface area contributed by atoms with Crippen LogP contribution in [0.3, 0.4) is 0 Å². The monoisotopic (exact) mass is 1510 g/mol. The average molecular weight is 1510 g/mol. The van der Waals surface area contributed by atoms with E-state index in [2.05, 4.69) is 113 Å². The summed E-state index contributed by atoms with van der Waals surface area (Å²) in [5.41, 5.74) is 11.1. The molecule has 0 aromatic heterocycles. The molecule has 0 spiro atoms. The van der Waals surface area contributed by atoms with E-state index < -0.39 is 51.0 Å². The van der Waals surface area contributed by atoms with Gasteiger partial charge in [-0.05, 0) is 131 Å². The average Bonchev–Trinajstić information content (AvgIpc) is 0.773. The number of unbranched alkanes of at least 4 members (excludes halogenated alkanes) is 15. The molecule has 0 unspecified atom stereocenters. The van der Waals surface area contributed by atoms with Crippen LogP contribution in [-0.2, 0) is 31.0 Å². The van der Waals surface area contributed by atoms with Crippen molar-refractivity contribution in [3.05, 3.63) is 154 Å². The molecule has 0 saturated carbocycles. The lowest BCUT2D eigenvalue weighted by atomic mass is 10.1. The number of H-pyrrole nitrogens is 4. The van der Waals surface area contributed by atoms with E-state index in [1.165, 1.54) is 57.8 Å². The van der Waals surface area contributed by atoms with E-state index in [1.54, 1.807) is 0 Å². The number of aryl methyl sites for hydroxylation is 8. The van der Waals surface area contributed by atoms with Gasteiger partial charge in [0.15, 0.2) is 46.1 Å². The van der Waals surface area contributed by atoms with Crippen molar-refractivity contribution in [3.63, 3.8) is 0 Å². The number of aromatic amines is 4. The number of fused-ring (bicyclic) bond motifs is 8. The van der Waals surface area contributed by atoms with Gasteiger partial charge < -0.3 is 43.0 Å². The van der Waals surface area contributed by atoms with Crippen molar-refractivity contribution < 1.29 is 9.90 Å². The molecule has 110 heavy (non-hydrogen) atoms. The molecule has 30 nitrogen and oxygen atoms in total. The van der Waals surface area contributed by atoms with Crippen molar-refractivity contribution in [2.24, 2.45) is 0 Å². The fraction of sp³-hybridized carbons (Fsp3) is 0.487. The number of benzene rings is 4. The Morgan fingerprint density at radius 2 is 0.527 bits per heavy atom. The quantitative estimate of drug-likeness (QED) is 0.0215. The summed E-state index contributed by atoms with van der Waals surface area (Å²) in [4.78, 5) is 158. The van der Waals surface area contributed by atoms with Crippen LogP contribution >= 0.6 is 0 Å². The topological polar surface area (TPSA) is 373 Å². The van der Waals surface area contributed by atoms with Crippen LogP contribution in [0.15, 0.2) is 86.9 Å². The van der Waals surface area contributed by atoms with Gasteiger partial charge in [-0.25, -0.2) is 39.1 Å². The minimum absolute atomic E-state index is 0.139. The molecule has 8 heterocycles. The highest BCUT2D eigenvalue weighted by Crippen LogP contribution is 2.33. The first kappa shape index (κ1) is 82.7. The summed E-state index contributed by atoms with van der Waals surface area (Å²) in [5, 5.41) is 8.74. The number of carboxylic acids is 1. The molecule has 0 amide bonds. The summed E-state index contributed by atoms with van der Waals surface area (Å²) < 4.78 is 7.81. The second-order valence-electron chi connectivity index (χ2n) is 29.1. The van der Waals surface area contributed by atoms with E-state index in [-0.39, 0.29) is 35.0 Å². The van der Waals surface area contributed by atoms with Crippen molar-refractivity contribution >= 4 is 72.9 Å². The van der Waals surface area contributed by atoms with Crippen LogP contribution in [0.1, 0.15) is 171 Å². The lowest BCUT2D eigenvalue weighted by Gasteiger charge is -2.21. The van der Waals surface area contributed by atoms with E-state index >= 15 is 0 Å². The molecule has 12 rings (SSSR count). The lowest BCUT2D eigenvalue weighted by molar-refractivity contribution is -0.137. The van der Waals surface area contributed by atoms with Gasteiger partial charge in [-0.15, -0.1) is 0 Å². The van der Waals surface area contributed by atoms with Gasteiger partial charge >= 0.3 is 28.7 Å². The first-order valence-electron chi connectivity index (χ1n) is 38.3. The van der Waals surface area contributed by atoms with Crippen LogP contribution < -0.4 is 64.6 Å². The molecule has 0 bridgehead atoms. The maximum Gasteiger partial charge on any atom is 0.349 e. The summed E-state index contributed by atoms with van der Waals surface area (Å²) in [6.07, 6.45) is 20.2. The fourth-order valence-electron chi connectivity index (χ4n) is 14.1. The van der Waals surface area contributed by atoms with Gasteiger partial charge in [0.2, 0.25) is 0 Å². The second-order valence-corrected chi connectivity index (χ2v) is 29.1. The number of nitrogens with one attached hydrogen (secondary N) is 4. The van der Waals surface area contributed by atoms with Gasteiger partial charge in [0, 0.05) is 112 Å². The van der Waals surface area contributed by atoms with Crippen molar-refractivity contribution in [1.29, 1.82) is 0 Å². The molecule has 8 aliphatic heterocycles.